The van der Waals surface area contributed by atoms with E-state index in [1.165, 1.54) is 18.5 Å². The van der Waals surface area contributed by atoms with E-state index in [9.17, 15) is 13.2 Å². The maximum Gasteiger partial charge on any atom is 0.335 e. The minimum Gasteiger partial charge on any atom is -0.478 e. The second kappa shape index (κ2) is 5.59. The van der Waals surface area contributed by atoms with Crippen LogP contribution in [0.1, 0.15) is 17.3 Å². The molecule has 2 rings (SSSR count). The summed E-state index contributed by atoms with van der Waals surface area (Å²) in [5, 5.41) is 8.90. The van der Waals surface area contributed by atoms with E-state index in [4.69, 9.17) is 5.11 Å². The molecule has 0 amide bonds. The fraction of sp³-hybridized carbons (Fsp3) is 0.333. The van der Waals surface area contributed by atoms with Crippen molar-refractivity contribution in [1.29, 1.82) is 0 Å². The highest BCUT2D eigenvalue weighted by molar-refractivity contribution is 7.89. The lowest BCUT2D eigenvalue weighted by Gasteiger charge is -2.06. The van der Waals surface area contributed by atoms with E-state index in [1.54, 1.807) is 17.6 Å². The third kappa shape index (κ3) is 3.14. The van der Waals surface area contributed by atoms with Crippen LogP contribution < -0.4 is 4.72 Å². The number of hydrogen-bond donors (Lipinski definition) is 2. The van der Waals surface area contributed by atoms with Gasteiger partial charge >= 0.3 is 5.97 Å². The van der Waals surface area contributed by atoms with Gasteiger partial charge in [-0.3, -0.25) is 0 Å². The van der Waals surface area contributed by atoms with Crippen molar-refractivity contribution in [2.45, 2.75) is 13.5 Å². The van der Waals surface area contributed by atoms with Crippen molar-refractivity contribution in [2.75, 3.05) is 12.3 Å². The van der Waals surface area contributed by atoms with E-state index in [0.717, 1.165) is 0 Å². The normalized spacial score (nSPS) is 11.8. The number of nitrogens with one attached hydrogen (secondary N) is 1. The van der Waals surface area contributed by atoms with Crippen LogP contribution in [-0.4, -0.2) is 41.3 Å². The fourth-order valence-corrected chi connectivity index (χ4v) is 2.91. The van der Waals surface area contributed by atoms with Crippen molar-refractivity contribution in [3.05, 3.63) is 30.1 Å². The number of aryl methyl sites for hydroxylation is 1. The van der Waals surface area contributed by atoms with Gasteiger partial charge in [0.15, 0.2) is 0 Å². The van der Waals surface area contributed by atoms with E-state index in [-0.39, 0.29) is 17.9 Å². The first-order valence-electron chi connectivity index (χ1n) is 6.08. The minimum absolute atomic E-state index is 0.0486. The molecule has 7 nitrogen and oxygen atoms in total. The molecule has 0 saturated heterocycles. The van der Waals surface area contributed by atoms with Gasteiger partial charge in [0.25, 0.3) is 0 Å². The average Bonchev–Trinajstić information content (AvgIpc) is 2.78. The Balaban J connectivity index is 2.22. The number of benzene rings is 1. The Morgan fingerprint density at radius 1 is 1.45 bits per heavy atom. The highest BCUT2D eigenvalue weighted by atomic mass is 32.2. The van der Waals surface area contributed by atoms with Gasteiger partial charge in [0.2, 0.25) is 10.0 Å². The van der Waals surface area contributed by atoms with E-state index in [0.29, 0.717) is 17.6 Å². The molecule has 2 aromatic rings. The predicted molar refractivity (Wildman–Crippen MR) is 74.2 cm³/mol. The molecule has 0 radical (unpaired) electrons. The van der Waals surface area contributed by atoms with Gasteiger partial charge in [0.05, 0.1) is 28.7 Å². The van der Waals surface area contributed by atoms with Crippen LogP contribution in [0.2, 0.25) is 0 Å². The minimum atomic E-state index is -3.29. The second-order valence-electron chi connectivity index (χ2n) is 4.26. The van der Waals surface area contributed by atoms with Gasteiger partial charge in [0, 0.05) is 13.1 Å². The van der Waals surface area contributed by atoms with Gasteiger partial charge in [-0.15, -0.1) is 0 Å². The molecule has 20 heavy (non-hydrogen) atoms. The summed E-state index contributed by atoms with van der Waals surface area (Å²) in [5.74, 6) is -1.07. The van der Waals surface area contributed by atoms with Crippen molar-refractivity contribution in [2.24, 2.45) is 0 Å². The first kappa shape index (κ1) is 14.5. The van der Waals surface area contributed by atoms with Crippen molar-refractivity contribution >= 4 is 27.0 Å². The van der Waals surface area contributed by atoms with E-state index < -0.39 is 16.0 Å². The number of aromatic nitrogens is 2. The fourth-order valence-electron chi connectivity index (χ4n) is 1.89. The molecule has 0 aliphatic rings. The molecule has 0 aliphatic heterocycles. The first-order valence-corrected chi connectivity index (χ1v) is 7.73. The molecular formula is C12H15N3O4S. The Morgan fingerprint density at radius 3 is 2.85 bits per heavy atom. The zero-order valence-corrected chi connectivity index (χ0v) is 11.7. The Morgan fingerprint density at radius 2 is 2.20 bits per heavy atom. The number of carbonyl (C=O) groups is 1. The van der Waals surface area contributed by atoms with Crippen molar-refractivity contribution in [3.8, 4) is 0 Å². The Kier molecular flexibility index (Phi) is 4.05. The number of carboxylic acids is 1. The number of fused-ring (bicyclic) bond motifs is 1. The summed E-state index contributed by atoms with van der Waals surface area (Å²) in [6, 6.07) is 4.57. The van der Waals surface area contributed by atoms with Crippen LogP contribution in [0.4, 0.5) is 0 Å². The number of rotatable bonds is 6. The van der Waals surface area contributed by atoms with Crippen LogP contribution in [0.25, 0.3) is 11.0 Å². The molecule has 0 unspecified atom stereocenters. The summed E-state index contributed by atoms with van der Waals surface area (Å²) < 4.78 is 27.3. The lowest BCUT2D eigenvalue weighted by molar-refractivity contribution is 0.0697. The molecule has 1 heterocycles. The molecule has 1 aromatic heterocycles. The Hall–Kier alpha value is -1.93. The number of aromatic carboxylic acids is 1. The summed E-state index contributed by atoms with van der Waals surface area (Å²) >= 11 is 0. The number of hydrogen-bond acceptors (Lipinski definition) is 4. The zero-order chi connectivity index (χ0) is 14.8. The maximum absolute atomic E-state index is 11.6. The van der Waals surface area contributed by atoms with Crippen molar-refractivity contribution < 1.29 is 18.3 Å². The van der Waals surface area contributed by atoms with Gasteiger partial charge in [-0.1, -0.05) is 6.92 Å². The van der Waals surface area contributed by atoms with E-state index >= 15 is 0 Å². The van der Waals surface area contributed by atoms with Crippen molar-refractivity contribution in [3.63, 3.8) is 0 Å². The Bertz CT molecular complexity index is 736. The molecule has 1 aromatic carbocycles. The predicted octanol–water partition coefficient (Wildman–Crippen LogP) is 0.674. The quantitative estimate of drug-likeness (QED) is 0.816. The van der Waals surface area contributed by atoms with Crippen LogP contribution in [0, 0.1) is 0 Å². The monoisotopic (exact) mass is 297 g/mol. The summed E-state index contributed by atoms with van der Waals surface area (Å²) in [6.45, 7) is 2.34. The first-order chi connectivity index (χ1) is 9.43. The number of sulfonamides is 1. The van der Waals surface area contributed by atoms with Crippen molar-refractivity contribution in [1.82, 2.24) is 14.3 Å². The van der Waals surface area contributed by atoms with Gasteiger partial charge in [0.1, 0.15) is 0 Å². The van der Waals surface area contributed by atoms with Crippen LogP contribution >= 0.6 is 0 Å². The largest absolute Gasteiger partial charge is 0.478 e. The molecule has 0 saturated carbocycles. The highest BCUT2D eigenvalue weighted by Crippen LogP contribution is 2.15. The van der Waals surface area contributed by atoms with Crippen LogP contribution in [0.15, 0.2) is 24.5 Å². The number of carboxylic acid groups (broad SMARTS) is 1. The summed E-state index contributed by atoms with van der Waals surface area (Å²) in [4.78, 5) is 15.0. The number of imidazole rings is 1. The highest BCUT2D eigenvalue weighted by Gasteiger charge is 2.11. The molecule has 0 aliphatic carbocycles. The van der Waals surface area contributed by atoms with Gasteiger partial charge in [-0.05, 0) is 18.2 Å². The summed E-state index contributed by atoms with van der Waals surface area (Å²) in [5.41, 5.74) is 1.40. The second-order valence-corrected chi connectivity index (χ2v) is 6.19. The molecule has 2 N–H and O–H groups in total. The van der Waals surface area contributed by atoms with Gasteiger partial charge in [-0.25, -0.2) is 22.9 Å². The lowest BCUT2D eigenvalue weighted by Crippen LogP contribution is -2.27. The van der Waals surface area contributed by atoms with Crippen LogP contribution in [0.3, 0.4) is 0 Å². The van der Waals surface area contributed by atoms with Gasteiger partial charge < -0.3 is 9.67 Å². The van der Waals surface area contributed by atoms with Crippen LogP contribution in [0.5, 0.6) is 0 Å². The SMILES string of the molecule is CCNS(=O)(=O)CCn1cnc2cc(C(=O)O)ccc21. The summed E-state index contributed by atoms with van der Waals surface area (Å²) in [7, 11) is -3.29. The topological polar surface area (TPSA) is 101 Å². The average molecular weight is 297 g/mol. The van der Waals surface area contributed by atoms with E-state index in [1.807, 2.05) is 0 Å². The van der Waals surface area contributed by atoms with Crippen LogP contribution in [-0.2, 0) is 16.6 Å². The zero-order valence-electron chi connectivity index (χ0n) is 10.9. The standard InChI is InChI=1S/C12H15N3O4S/c1-2-14-20(18,19)6-5-15-8-13-10-7-9(12(16)17)3-4-11(10)15/h3-4,7-8,14H,2,5-6H2,1H3,(H,16,17). The maximum atomic E-state index is 11.6. The van der Waals surface area contributed by atoms with Gasteiger partial charge in [-0.2, -0.15) is 0 Å². The molecule has 0 spiro atoms. The molecule has 0 fully saturated rings. The molecule has 108 valence electrons. The molecule has 8 heteroatoms. The molecule has 0 bridgehead atoms. The molecular weight excluding hydrogens is 282 g/mol. The number of nitrogens with zero attached hydrogens (tertiary/aromatic N) is 2. The third-order valence-corrected chi connectivity index (χ3v) is 4.28. The summed E-state index contributed by atoms with van der Waals surface area (Å²) in [6.07, 6.45) is 1.51. The smallest absolute Gasteiger partial charge is 0.335 e. The lowest BCUT2D eigenvalue weighted by atomic mass is 10.2. The molecule has 0 atom stereocenters. The Labute approximate surface area is 116 Å². The third-order valence-electron chi connectivity index (χ3n) is 2.83. The van der Waals surface area contributed by atoms with E-state index in [2.05, 4.69) is 9.71 Å².